The summed E-state index contributed by atoms with van der Waals surface area (Å²) in [6.07, 6.45) is 4.63. The van der Waals surface area contributed by atoms with E-state index in [9.17, 15) is 9.59 Å². The molecule has 0 saturated carbocycles. The Morgan fingerprint density at radius 2 is 1.89 bits per heavy atom. The molecular weight excluding hydrogens is 230 g/mol. The number of carbonyl (C=O) groups is 2. The SMILES string of the molecule is O=C(O)CCCCNC(=O)/C=C/c1ccccc1. The molecule has 1 aromatic rings. The van der Waals surface area contributed by atoms with Gasteiger partial charge in [0.05, 0.1) is 0 Å². The van der Waals surface area contributed by atoms with Gasteiger partial charge in [-0.2, -0.15) is 0 Å². The van der Waals surface area contributed by atoms with Gasteiger partial charge < -0.3 is 10.4 Å². The van der Waals surface area contributed by atoms with Crippen LogP contribution in [-0.4, -0.2) is 23.5 Å². The molecule has 0 spiro atoms. The molecule has 1 amide bonds. The largest absolute Gasteiger partial charge is 0.481 e. The maximum Gasteiger partial charge on any atom is 0.303 e. The molecule has 0 saturated heterocycles. The standard InChI is InChI=1S/C14H17NO3/c16-13(15-11-5-4-8-14(17)18)10-9-12-6-2-1-3-7-12/h1-3,6-7,9-10H,4-5,8,11H2,(H,15,16)(H,17,18)/b10-9+. The first-order valence-electron chi connectivity index (χ1n) is 5.91. The summed E-state index contributed by atoms with van der Waals surface area (Å²) in [5, 5.41) is 11.1. The van der Waals surface area contributed by atoms with E-state index in [-0.39, 0.29) is 12.3 Å². The third-order valence-corrected chi connectivity index (χ3v) is 2.34. The van der Waals surface area contributed by atoms with E-state index in [1.165, 1.54) is 6.08 Å². The number of carboxylic acids is 1. The van der Waals surface area contributed by atoms with Gasteiger partial charge in [0.15, 0.2) is 0 Å². The van der Waals surface area contributed by atoms with E-state index >= 15 is 0 Å². The lowest BCUT2D eigenvalue weighted by atomic mass is 10.2. The summed E-state index contributed by atoms with van der Waals surface area (Å²) in [5.41, 5.74) is 0.971. The Morgan fingerprint density at radius 1 is 1.17 bits per heavy atom. The minimum Gasteiger partial charge on any atom is -0.481 e. The van der Waals surface area contributed by atoms with E-state index in [2.05, 4.69) is 5.32 Å². The van der Waals surface area contributed by atoms with Gasteiger partial charge in [-0.1, -0.05) is 30.3 Å². The quantitative estimate of drug-likeness (QED) is 0.572. The number of benzene rings is 1. The minimum absolute atomic E-state index is 0.149. The van der Waals surface area contributed by atoms with Crippen molar-refractivity contribution in [1.82, 2.24) is 5.32 Å². The summed E-state index contributed by atoms with van der Waals surface area (Å²) in [7, 11) is 0. The van der Waals surface area contributed by atoms with Crippen molar-refractivity contribution in [3.05, 3.63) is 42.0 Å². The summed E-state index contributed by atoms with van der Waals surface area (Å²) in [6.45, 7) is 0.505. The van der Waals surface area contributed by atoms with Gasteiger partial charge in [-0.25, -0.2) is 0 Å². The molecule has 0 unspecified atom stereocenters. The lowest BCUT2D eigenvalue weighted by Crippen LogP contribution is -2.22. The van der Waals surface area contributed by atoms with Crippen molar-refractivity contribution in [2.45, 2.75) is 19.3 Å². The Kier molecular flexibility index (Phi) is 6.25. The van der Waals surface area contributed by atoms with Crippen LogP contribution in [0.4, 0.5) is 0 Å². The normalized spacial score (nSPS) is 10.4. The van der Waals surface area contributed by atoms with Crippen molar-refractivity contribution in [3.8, 4) is 0 Å². The van der Waals surface area contributed by atoms with E-state index in [0.29, 0.717) is 19.4 Å². The van der Waals surface area contributed by atoms with Crippen molar-refractivity contribution in [3.63, 3.8) is 0 Å². The summed E-state index contributed by atoms with van der Waals surface area (Å²) in [5.74, 6) is -0.959. The summed E-state index contributed by atoms with van der Waals surface area (Å²) < 4.78 is 0. The highest BCUT2D eigenvalue weighted by Gasteiger charge is 1.97. The first-order chi connectivity index (χ1) is 8.68. The number of carboxylic acid groups (broad SMARTS) is 1. The van der Waals surface area contributed by atoms with E-state index in [0.717, 1.165) is 5.56 Å². The fraction of sp³-hybridized carbons (Fsp3) is 0.286. The molecule has 18 heavy (non-hydrogen) atoms. The highest BCUT2D eigenvalue weighted by Crippen LogP contribution is 2.00. The second-order valence-electron chi connectivity index (χ2n) is 3.89. The molecule has 0 aliphatic rings. The van der Waals surface area contributed by atoms with Crippen LogP contribution in [0.5, 0.6) is 0 Å². The average Bonchev–Trinajstić information content (AvgIpc) is 2.37. The van der Waals surface area contributed by atoms with Crippen LogP contribution in [0.1, 0.15) is 24.8 Å². The number of hydrogen-bond acceptors (Lipinski definition) is 2. The molecule has 96 valence electrons. The van der Waals surface area contributed by atoms with Crippen LogP contribution in [0, 0.1) is 0 Å². The van der Waals surface area contributed by atoms with Gasteiger partial charge in [0.25, 0.3) is 0 Å². The lowest BCUT2D eigenvalue weighted by molar-refractivity contribution is -0.137. The molecular formula is C14H17NO3. The van der Waals surface area contributed by atoms with Gasteiger partial charge in [-0.15, -0.1) is 0 Å². The molecule has 4 heteroatoms. The molecule has 0 atom stereocenters. The Hall–Kier alpha value is -2.10. The molecule has 1 aromatic carbocycles. The van der Waals surface area contributed by atoms with Crippen molar-refractivity contribution >= 4 is 18.0 Å². The predicted molar refractivity (Wildman–Crippen MR) is 70.0 cm³/mol. The third kappa shape index (κ3) is 6.48. The summed E-state index contributed by atoms with van der Waals surface area (Å²) in [4.78, 5) is 21.7. The molecule has 1 rings (SSSR count). The molecule has 0 aromatic heterocycles. The number of unbranched alkanes of at least 4 members (excludes halogenated alkanes) is 1. The Balaban J connectivity index is 2.18. The molecule has 0 aliphatic carbocycles. The lowest BCUT2D eigenvalue weighted by Gasteiger charge is -2.00. The van der Waals surface area contributed by atoms with Crippen LogP contribution >= 0.6 is 0 Å². The molecule has 0 aliphatic heterocycles. The maximum atomic E-state index is 11.4. The smallest absolute Gasteiger partial charge is 0.303 e. The van der Waals surface area contributed by atoms with Crippen molar-refractivity contribution in [1.29, 1.82) is 0 Å². The van der Waals surface area contributed by atoms with Gasteiger partial charge in [-0.3, -0.25) is 9.59 Å². The van der Waals surface area contributed by atoms with Gasteiger partial charge in [-0.05, 0) is 24.5 Å². The zero-order valence-electron chi connectivity index (χ0n) is 10.1. The van der Waals surface area contributed by atoms with Crippen LogP contribution in [0.3, 0.4) is 0 Å². The predicted octanol–water partition coefficient (Wildman–Crippen LogP) is 2.07. The van der Waals surface area contributed by atoms with Crippen LogP contribution < -0.4 is 5.32 Å². The van der Waals surface area contributed by atoms with Crippen LogP contribution in [-0.2, 0) is 9.59 Å². The Labute approximate surface area is 106 Å². The Bertz CT molecular complexity index is 412. The summed E-state index contributed by atoms with van der Waals surface area (Å²) >= 11 is 0. The van der Waals surface area contributed by atoms with Crippen molar-refractivity contribution in [2.24, 2.45) is 0 Å². The monoisotopic (exact) mass is 247 g/mol. The molecule has 0 radical (unpaired) electrons. The Morgan fingerprint density at radius 3 is 2.56 bits per heavy atom. The average molecular weight is 247 g/mol. The number of amides is 1. The van der Waals surface area contributed by atoms with E-state index in [1.54, 1.807) is 6.08 Å². The topological polar surface area (TPSA) is 66.4 Å². The fourth-order valence-corrected chi connectivity index (χ4v) is 1.41. The first-order valence-corrected chi connectivity index (χ1v) is 5.91. The number of hydrogen-bond donors (Lipinski definition) is 2. The second kappa shape index (κ2) is 8.06. The van der Waals surface area contributed by atoms with Crippen LogP contribution in [0.2, 0.25) is 0 Å². The number of nitrogens with one attached hydrogen (secondary N) is 1. The van der Waals surface area contributed by atoms with E-state index in [4.69, 9.17) is 5.11 Å². The highest BCUT2D eigenvalue weighted by atomic mass is 16.4. The molecule has 2 N–H and O–H groups in total. The van der Waals surface area contributed by atoms with Crippen LogP contribution in [0.25, 0.3) is 6.08 Å². The summed E-state index contributed by atoms with van der Waals surface area (Å²) in [6, 6.07) is 9.56. The molecule has 4 nitrogen and oxygen atoms in total. The van der Waals surface area contributed by atoms with Gasteiger partial charge >= 0.3 is 5.97 Å². The third-order valence-electron chi connectivity index (χ3n) is 2.34. The molecule has 0 bridgehead atoms. The van der Waals surface area contributed by atoms with Gasteiger partial charge in [0.2, 0.25) is 5.91 Å². The van der Waals surface area contributed by atoms with E-state index < -0.39 is 5.97 Å². The van der Waals surface area contributed by atoms with Gasteiger partial charge in [0, 0.05) is 19.0 Å². The second-order valence-corrected chi connectivity index (χ2v) is 3.89. The minimum atomic E-state index is -0.801. The van der Waals surface area contributed by atoms with Crippen molar-refractivity contribution < 1.29 is 14.7 Å². The maximum absolute atomic E-state index is 11.4. The first kappa shape index (κ1) is 14.0. The van der Waals surface area contributed by atoms with Gasteiger partial charge in [0.1, 0.15) is 0 Å². The number of aliphatic carboxylic acids is 1. The zero-order valence-corrected chi connectivity index (χ0v) is 10.1. The van der Waals surface area contributed by atoms with Crippen molar-refractivity contribution in [2.75, 3.05) is 6.54 Å². The molecule has 0 heterocycles. The van der Waals surface area contributed by atoms with E-state index in [1.807, 2.05) is 30.3 Å². The van der Waals surface area contributed by atoms with Crippen LogP contribution in [0.15, 0.2) is 36.4 Å². The molecule has 0 fully saturated rings. The fourth-order valence-electron chi connectivity index (χ4n) is 1.41. The zero-order chi connectivity index (χ0) is 13.2. The number of rotatable bonds is 7. The number of carbonyl (C=O) groups excluding carboxylic acids is 1. The highest BCUT2D eigenvalue weighted by molar-refractivity contribution is 5.91.